The number of ether oxygens (including phenoxy) is 1. The molecule has 36 heavy (non-hydrogen) atoms. The maximum absolute atomic E-state index is 14.2. The third-order valence-corrected chi connectivity index (χ3v) is 6.05. The summed E-state index contributed by atoms with van der Waals surface area (Å²) >= 11 is 5.74. The van der Waals surface area contributed by atoms with Crippen LogP contribution in [0.25, 0.3) is 10.9 Å². The van der Waals surface area contributed by atoms with E-state index < -0.39 is 54.1 Å². The number of primary amides is 1. The number of amides is 3. The fourth-order valence-corrected chi connectivity index (χ4v) is 4.30. The molecule has 1 aliphatic heterocycles. The molecule has 3 aromatic rings. The van der Waals surface area contributed by atoms with E-state index in [1.165, 1.54) is 22.8 Å². The first-order valence-electron chi connectivity index (χ1n) is 10.6. The lowest BCUT2D eigenvalue weighted by Crippen LogP contribution is -2.46. The molecule has 13 heteroatoms. The molecule has 0 unspecified atom stereocenters. The van der Waals surface area contributed by atoms with Crippen molar-refractivity contribution in [3.05, 3.63) is 64.6 Å². The fraction of sp³-hybridized carbons (Fsp3) is 0.261. The lowest BCUT2D eigenvalue weighted by molar-refractivity contribution is -0.139. The van der Waals surface area contributed by atoms with Crippen LogP contribution in [0, 0.1) is 17.5 Å². The molecular formula is C23H19ClF4N4O4. The molecule has 1 aliphatic rings. The van der Waals surface area contributed by atoms with E-state index in [0.29, 0.717) is 0 Å². The third-order valence-electron chi connectivity index (χ3n) is 5.76. The minimum Gasteiger partial charge on any atom is -0.408 e. The molecule has 4 rings (SSSR count). The number of hydrogen-bond donors (Lipinski definition) is 2. The Labute approximate surface area is 206 Å². The Bertz CT molecular complexity index is 1370. The Hall–Kier alpha value is -3.80. The van der Waals surface area contributed by atoms with Gasteiger partial charge in [0.2, 0.25) is 11.8 Å². The van der Waals surface area contributed by atoms with Crippen molar-refractivity contribution in [1.29, 1.82) is 0 Å². The van der Waals surface area contributed by atoms with Crippen LogP contribution < -0.4 is 15.8 Å². The molecule has 3 amide bonds. The largest absolute Gasteiger partial charge is 0.410 e. The Balaban J connectivity index is 1.54. The number of aromatic nitrogens is 1. The molecule has 0 aliphatic carbocycles. The van der Waals surface area contributed by atoms with Crippen LogP contribution in [0.2, 0.25) is 5.02 Å². The Morgan fingerprint density at radius 1 is 1.17 bits per heavy atom. The van der Waals surface area contributed by atoms with E-state index in [1.807, 2.05) is 0 Å². The maximum atomic E-state index is 14.2. The second-order valence-electron chi connectivity index (χ2n) is 8.15. The zero-order valence-corrected chi connectivity index (χ0v) is 19.2. The van der Waals surface area contributed by atoms with Crippen molar-refractivity contribution in [2.24, 2.45) is 5.73 Å². The number of likely N-dealkylation sites (tertiary alicyclic amines) is 1. The smallest absolute Gasteiger partial charge is 0.408 e. The normalized spacial score (nSPS) is 17.4. The summed E-state index contributed by atoms with van der Waals surface area (Å²) in [4.78, 5) is 38.0. The average Bonchev–Trinajstić information content (AvgIpc) is 3.35. The van der Waals surface area contributed by atoms with Gasteiger partial charge in [-0.3, -0.25) is 9.59 Å². The first-order valence-corrected chi connectivity index (χ1v) is 11.0. The maximum Gasteiger partial charge on any atom is 0.410 e. The molecular weight excluding hydrogens is 508 g/mol. The SMILES string of the molecule is NC(=O)Oc1cn(CC(=O)N2C[C@H](F)C[C@H]2C(=O)NCc2cccc(Cl)c2F)c2cc(F)c(F)cc12. The lowest BCUT2D eigenvalue weighted by Gasteiger charge is -2.24. The monoisotopic (exact) mass is 526 g/mol. The highest BCUT2D eigenvalue weighted by Crippen LogP contribution is 2.31. The summed E-state index contributed by atoms with van der Waals surface area (Å²) in [5.41, 5.74) is 5.13. The van der Waals surface area contributed by atoms with Crippen LogP contribution in [-0.4, -0.2) is 46.1 Å². The molecule has 190 valence electrons. The molecule has 8 nitrogen and oxygen atoms in total. The van der Waals surface area contributed by atoms with Crippen LogP contribution in [0.4, 0.5) is 22.4 Å². The quantitative estimate of drug-likeness (QED) is 0.480. The molecule has 2 heterocycles. The average molecular weight is 527 g/mol. The highest BCUT2D eigenvalue weighted by atomic mass is 35.5. The summed E-state index contributed by atoms with van der Waals surface area (Å²) in [6, 6.07) is 4.66. The van der Waals surface area contributed by atoms with Gasteiger partial charge < -0.3 is 25.3 Å². The van der Waals surface area contributed by atoms with E-state index in [0.717, 1.165) is 23.2 Å². The van der Waals surface area contributed by atoms with Gasteiger partial charge in [-0.25, -0.2) is 22.4 Å². The standard InChI is InChI=1S/C23H19ClF4N4O4/c24-14-3-1-2-11(21(14)28)7-30-22(34)18-4-12(25)8-32(18)20(33)10-31-9-19(36-23(29)35)13-5-15(26)16(27)6-17(13)31/h1-3,5-6,9,12,18H,4,7-8,10H2,(H2,29,35)(H,30,34)/t12-,18+/m1/s1. The minimum absolute atomic E-state index is 0.00642. The van der Waals surface area contributed by atoms with Crippen LogP contribution in [0.5, 0.6) is 5.75 Å². The number of fused-ring (bicyclic) bond motifs is 1. The van der Waals surface area contributed by atoms with Crippen LogP contribution >= 0.6 is 11.6 Å². The van der Waals surface area contributed by atoms with Gasteiger partial charge in [0.05, 0.1) is 17.1 Å². The van der Waals surface area contributed by atoms with Gasteiger partial charge in [-0.15, -0.1) is 0 Å². The Morgan fingerprint density at radius 3 is 2.61 bits per heavy atom. The number of hydrogen-bond acceptors (Lipinski definition) is 4. The summed E-state index contributed by atoms with van der Waals surface area (Å²) in [7, 11) is 0. The van der Waals surface area contributed by atoms with Crippen molar-refractivity contribution in [1.82, 2.24) is 14.8 Å². The molecule has 0 radical (unpaired) electrons. The number of carbonyl (C=O) groups excluding carboxylic acids is 3. The number of halogens is 5. The molecule has 2 aromatic carbocycles. The van der Waals surface area contributed by atoms with E-state index in [1.54, 1.807) is 0 Å². The van der Waals surface area contributed by atoms with Gasteiger partial charge in [0.15, 0.2) is 17.4 Å². The van der Waals surface area contributed by atoms with Crippen molar-refractivity contribution in [2.45, 2.75) is 31.7 Å². The van der Waals surface area contributed by atoms with Gasteiger partial charge in [-0.05, 0) is 12.1 Å². The van der Waals surface area contributed by atoms with E-state index in [2.05, 4.69) is 5.32 Å². The zero-order chi connectivity index (χ0) is 26.1. The number of nitrogens with zero attached hydrogens (tertiary/aromatic N) is 2. The molecule has 1 aromatic heterocycles. The predicted molar refractivity (Wildman–Crippen MR) is 120 cm³/mol. The first-order chi connectivity index (χ1) is 17.0. The van der Waals surface area contributed by atoms with Crippen molar-refractivity contribution in [3.8, 4) is 5.75 Å². The molecule has 1 fully saturated rings. The zero-order valence-electron chi connectivity index (χ0n) is 18.4. The van der Waals surface area contributed by atoms with E-state index in [9.17, 15) is 31.9 Å². The summed E-state index contributed by atoms with van der Waals surface area (Å²) in [5.74, 6) is -4.77. The van der Waals surface area contributed by atoms with Crippen molar-refractivity contribution >= 4 is 40.4 Å². The van der Waals surface area contributed by atoms with E-state index >= 15 is 0 Å². The van der Waals surface area contributed by atoms with Crippen LogP contribution in [0.3, 0.4) is 0 Å². The van der Waals surface area contributed by atoms with Gasteiger partial charge in [-0.2, -0.15) is 0 Å². The number of carbonyl (C=O) groups is 3. The second-order valence-corrected chi connectivity index (χ2v) is 8.56. The van der Waals surface area contributed by atoms with E-state index in [-0.39, 0.29) is 46.7 Å². The Kier molecular flexibility index (Phi) is 7.07. The molecule has 0 spiro atoms. The molecule has 2 atom stereocenters. The van der Waals surface area contributed by atoms with Gasteiger partial charge in [0.25, 0.3) is 0 Å². The van der Waals surface area contributed by atoms with Gasteiger partial charge >= 0.3 is 6.09 Å². The van der Waals surface area contributed by atoms with Crippen molar-refractivity contribution in [2.75, 3.05) is 6.54 Å². The topological polar surface area (TPSA) is 107 Å². The summed E-state index contributed by atoms with van der Waals surface area (Å²) < 4.78 is 62.0. The van der Waals surface area contributed by atoms with Crippen LogP contribution in [0.15, 0.2) is 36.5 Å². The first kappa shape index (κ1) is 25.3. The number of nitrogens with two attached hydrogens (primary N) is 1. The van der Waals surface area contributed by atoms with Crippen LogP contribution in [0.1, 0.15) is 12.0 Å². The lowest BCUT2D eigenvalue weighted by atomic mass is 10.1. The van der Waals surface area contributed by atoms with Crippen molar-refractivity contribution in [3.63, 3.8) is 0 Å². The molecule has 1 saturated heterocycles. The summed E-state index contributed by atoms with van der Waals surface area (Å²) in [6.07, 6.45) is -1.84. The number of nitrogens with one attached hydrogen (secondary N) is 1. The highest BCUT2D eigenvalue weighted by Gasteiger charge is 2.39. The number of alkyl halides is 1. The second kappa shape index (κ2) is 10.1. The van der Waals surface area contributed by atoms with E-state index in [4.69, 9.17) is 22.1 Å². The summed E-state index contributed by atoms with van der Waals surface area (Å²) in [5, 5.41) is 2.33. The predicted octanol–water partition coefficient (Wildman–Crippen LogP) is 3.42. The fourth-order valence-electron chi connectivity index (χ4n) is 4.10. The van der Waals surface area contributed by atoms with Crippen molar-refractivity contribution < 1.29 is 36.7 Å². The Morgan fingerprint density at radius 2 is 1.89 bits per heavy atom. The number of benzene rings is 2. The van der Waals surface area contributed by atoms with Gasteiger partial charge in [0.1, 0.15) is 24.6 Å². The minimum atomic E-state index is -1.49. The molecule has 0 bridgehead atoms. The highest BCUT2D eigenvalue weighted by molar-refractivity contribution is 6.30. The van der Waals surface area contributed by atoms with Gasteiger partial charge in [0, 0.05) is 36.2 Å². The van der Waals surface area contributed by atoms with Gasteiger partial charge in [-0.1, -0.05) is 23.7 Å². The summed E-state index contributed by atoms with van der Waals surface area (Å²) in [6.45, 7) is -1.12. The molecule has 0 saturated carbocycles. The molecule has 3 N–H and O–H groups in total. The third kappa shape index (κ3) is 5.08. The number of rotatable bonds is 6. The van der Waals surface area contributed by atoms with Crippen LogP contribution in [-0.2, 0) is 22.7 Å².